The van der Waals surface area contributed by atoms with Gasteiger partial charge in [-0.1, -0.05) is 6.08 Å². The van der Waals surface area contributed by atoms with Crippen molar-refractivity contribution in [1.29, 1.82) is 0 Å². The highest BCUT2D eigenvalue weighted by Gasteiger charge is 2.30. The van der Waals surface area contributed by atoms with Gasteiger partial charge in [0.15, 0.2) is 0 Å². The Bertz CT molecular complexity index is 593. The van der Waals surface area contributed by atoms with Gasteiger partial charge in [-0.2, -0.15) is 0 Å². The molecule has 0 aliphatic carbocycles. The Balaban J connectivity index is 3.60. The molecular weight excluding hydrogens is 279 g/mol. The highest BCUT2D eigenvalue weighted by Crippen LogP contribution is 2.35. The van der Waals surface area contributed by atoms with Gasteiger partial charge in [0.05, 0.1) is 4.92 Å². The fourth-order valence-electron chi connectivity index (χ4n) is 1.94. The van der Waals surface area contributed by atoms with Crippen molar-refractivity contribution in [2.75, 3.05) is 11.4 Å². The molecule has 0 fully saturated rings. The smallest absolute Gasteiger partial charge is 0.338 e. The van der Waals surface area contributed by atoms with Gasteiger partial charge in [0.1, 0.15) is 17.1 Å². The van der Waals surface area contributed by atoms with Crippen LogP contribution in [0.25, 0.3) is 0 Å². The van der Waals surface area contributed by atoms with E-state index in [-0.39, 0.29) is 12.2 Å². The molecule has 0 heterocycles. The predicted molar refractivity (Wildman–Crippen MR) is 77.3 cm³/mol. The van der Waals surface area contributed by atoms with Crippen molar-refractivity contribution in [1.82, 2.24) is 0 Å². The summed E-state index contributed by atoms with van der Waals surface area (Å²) < 4.78 is 13.9. The Morgan fingerprint density at radius 2 is 2.10 bits per heavy atom. The summed E-state index contributed by atoms with van der Waals surface area (Å²) in [6, 6.07) is 1.63. The van der Waals surface area contributed by atoms with Crippen molar-refractivity contribution < 1.29 is 19.2 Å². The minimum Gasteiger partial charge on any atom is -0.478 e. The van der Waals surface area contributed by atoms with Crippen LogP contribution in [0.3, 0.4) is 0 Å². The Labute approximate surface area is 121 Å². The summed E-state index contributed by atoms with van der Waals surface area (Å²) in [7, 11) is 0. The summed E-state index contributed by atoms with van der Waals surface area (Å²) in [5.74, 6) is -2.56. The van der Waals surface area contributed by atoms with Crippen LogP contribution in [0.1, 0.15) is 31.1 Å². The second kappa shape index (κ2) is 5.90. The molecule has 0 bridgehead atoms. The molecule has 21 heavy (non-hydrogen) atoms. The second-order valence-corrected chi connectivity index (χ2v) is 5.45. The van der Waals surface area contributed by atoms with Crippen LogP contribution in [-0.2, 0) is 0 Å². The minimum absolute atomic E-state index is 0.0231. The van der Waals surface area contributed by atoms with Gasteiger partial charge in [-0.25, -0.2) is 9.18 Å². The number of carboxylic acids is 1. The van der Waals surface area contributed by atoms with Crippen LogP contribution < -0.4 is 4.90 Å². The number of nitro groups is 1. The predicted octanol–water partition coefficient (Wildman–Crippen LogP) is 3.22. The Hall–Kier alpha value is -2.44. The van der Waals surface area contributed by atoms with E-state index in [9.17, 15) is 19.3 Å². The molecule has 0 aliphatic rings. The lowest BCUT2D eigenvalue weighted by Crippen LogP contribution is -2.42. The molecule has 0 saturated heterocycles. The zero-order valence-electron chi connectivity index (χ0n) is 12.1. The van der Waals surface area contributed by atoms with Crippen molar-refractivity contribution in [3.05, 3.63) is 46.3 Å². The number of nitrogens with zero attached hydrogens (tertiary/aromatic N) is 2. The molecule has 0 aliphatic heterocycles. The second-order valence-electron chi connectivity index (χ2n) is 5.45. The van der Waals surface area contributed by atoms with Gasteiger partial charge >= 0.3 is 5.97 Å². The van der Waals surface area contributed by atoms with Crippen LogP contribution in [0.15, 0.2) is 24.8 Å². The van der Waals surface area contributed by atoms with Gasteiger partial charge < -0.3 is 10.0 Å². The summed E-state index contributed by atoms with van der Waals surface area (Å²) in [6.07, 6.45) is 1.54. The molecule has 1 aromatic rings. The maximum absolute atomic E-state index is 13.9. The van der Waals surface area contributed by atoms with Gasteiger partial charge in [-0.05, 0) is 20.8 Å². The molecule has 1 N–H and O–H groups in total. The molecule has 6 nitrogen and oxygen atoms in total. The Kier molecular flexibility index (Phi) is 4.67. The first kappa shape index (κ1) is 16.6. The zero-order valence-corrected chi connectivity index (χ0v) is 12.1. The Morgan fingerprint density at radius 3 is 2.48 bits per heavy atom. The first-order valence-corrected chi connectivity index (χ1v) is 6.19. The lowest BCUT2D eigenvalue weighted by atomic mass is 10.0. The molecular formula is C14H17FN2O4. The lowest BCUT2D eigenvalue weighted by Gasteiger charge is -2.36. The zero-order chi connectivity index (χ0) is 16.4. The monoisotopic (exact) mass is 296 g/mol. The molecule has 1 aromatic carbocycles. The number of rotatable bonds is 5. The van der Waals surface area contributed by atoms with Crippen LogP contribution in [0, 0.1) is 15.9 Å². The van der Waals surface area contributed by atoms with Gasteiger partial charge in [0.2, 0.25) is 0 Å². The fraction of sp³-hybridized carbons (Fsp3) is 0.357. The molecule has 0 spiro atoms. The molecule has 0 saturated carbocycles. The van der Waals surface area contributed by atoms with Crippen molar-refractivity contribution >= 4 is 17.3 Å². The van der Waals surface area contributed by atoms with Crippen LogP contribution in [0.2, 0.25) is 0 Å². The maximum Gasteiger partial charge on any atom is 0.338 e. The molecule has 0 amide bonds. The summed E-state index contributed by atoms with van der Waals surface area (Å²) in [5, 5.41) is 20.1. The minimum atomic E-state index is -1.55. The number of hydrogen-bond acceptors (Lipinski definition) is 4. The number of aromatic carboxylic acids is 1. The largest absolute Gasteiger partial charge is 0.478 e. The van der Waals surface area contributed by atoms with E-state index >= 15 is 0 Å². The molecule has 7 heteroatoms. The highest BCUT2D eigenvalue weighted by molar-refractivity contribution is 5.90. The van der Waals surface area contributed by atoms with Gasteiger partial charge in [-0.15, -0.1) is 6.58 Å². The van der Waals surface area contributed by atoms with E-state index in [2.05, 4.69) is 6.58 Å². The number of carboxylic acid groups (broad SMARTS) is 1. The number of nitro benzene ring substituents is 1. The van der Waals surface area contributed by atoms with E-state index in [4.69, 9.17) is 5.11 Å². The average molecular weight is 296 g/mol. The van der Waals surface area contributed by atoms with Gasteiger partial charge in [-0.3, -0.25) is 10.1 Å². The van der Waals surface area contributed by atoms with E-state index in [1.807, 2.05) is 20.8 Å². The quantitative estimate of drug-likeness (QED) is 0.512. The van der Waals surface area contributed by atoms with Crippen molar-refractivity contribution in [3.8, 4) is 0 Å². The number of anilines is 1. The number of halogens is 1. The molecule has 0 radical (unpaired) electrons. The van der Waals surface area contributed by atoms with Crippen LogP contribution in [-0.4, -0.2) is 28.1 Å². The van der Waals surface area contributed by atoms with E-state index in [0.29, 0.717) is 0 Å². The van der Waals surface area contributed by atoms with Gasteiger partial charge in [0, 0.05) is 24.2 Å². The molecule has 1 rings (SSSR count). The summed E-state index contributed by atoms with van der Waals surface area (Å²) in [4.78, 5) is 23.0. The first-order chi connectivity index (χ1) is 9.59. The molecule has 114 valence electrons. The standard InChI is InChI=1S/C14H17FN2O4/c1-5-6-16(14(2,3)4)11-8-10(15)9(13(18)19)7-12(11)17(20)21/h5,7-8H,1,6H2,2-4H3,(H,18,19). The fourth-order valence-corrected chi connectivity index (χ4v) is 1.94. The lowest BCUT2D eigenvalue weighted by molar-refractivity contribution is -0.384. The molecule has 0 unspecified atom stereocenters. The van der Waals surface area contributed by atoms with Crippen LogP contribution in [0.4, 0.5) is 15.8 Å². The normalized spacial score (nSPS) is 11.0. The van der Waals surface area contributed by atoms with Crippen molar-refractivity contribution in [2.24, 2.45) is 0 Å². The van der Waals surface area contributed by atoms with E-state index in [1.165, 1.54) is 6.08 Å². The Morgan fingerprint density at radius 1 is 1.52 bits per heavy atom. The maximum atomic E-state index is 13.9. The SMILES string of the molecule is C=CCN(c1cc(F)c(C(=O)O)cc1[N+](=O)[O-])C(C)(C)C. The topological polar surface area (TPSA) is 83.7 Å². The molecule has 0 aromatic heterocycles. The number of benzene rings is 1. The average Bonchev–Trinajstić information content (AvgIpc) is 2.33. The number of carbonyl (C=O) groups is 1. The van der Waals surface area contributed by atoms with E-state index in [1.54, 1.807) is 4.90 Å². The third kappa shape index (κ3) is 3.56. The van der Waals surface area contributed by atoms with E-state index in [0.717, 1.165) is 12.1 Å². The summed E-state index contributed by atoms with van der Waals surface area (Å²) in [6.45, 7) is 9.27. The van der Waals surface area contributed by atoms with Crippen LogP contribution >= 0.6 is 0 Å². The van der Waals surface area contributed by atoms with E-state index < -0.39 is 33.5 Å². The summed E-state index contributed by atoms with van der Waals surface area (Å²) in [5.41, 5.74) is -1.69. The van der Waals surface area contributed by atoms with Gasteiger partial charge in [0.25, 0.3) is 5.69 Å². The van der Waals surface area contributed by atoms with Crippen LogP contribution in [0.5, 0.6) is 0 Å². The van der Waals surface area contributed by atoms with Crippen molar-refractivity contribution in [3.63, 3.8) is 0 Å². The third-order valence-electron chi connectivity index (χ3n) is 2.90. The first-order valence-electron chi connectivity index (χ1n) is 6.19. The van der Waals surface area contributed by atoms with Crippen molar-refractivity contribution in [2.45, 2.75) is 26.3 Å². The highest BCUT2D eigenvalue weighted by atomic mass is 19.1. The summed E-state index contributed by atoms with van der Waals surface area (Å²) >= 11 is 0. The molecule has 0 atom stereocenters. The number of hydrogen-bond donors (Lipinski definition) is 1. The third-order valence-corrected chi connectivity index (χ3v) is 2.90.